The van der Waals surface area contributed by atoms with Crippen LogP contribution in [0.3, 0.4) is 0 Å². The van der Waals surface area contributed by atoms with Crippen molar-refractivity contribution in [3.8, 4) is 11.1 Å². The van der Waals surface area contributed by atoms with E-state index in [0.29, 0.717) is 0 Å². The van der Waals surface area contributed by atoms with Crippen molar-refractivity contribution in [1.82, 2.24) is 5.01 Å². The molecule has 0 aliphatic carbocycles. The lowest BCUT2D eigenvalue weighted by Gasteiger charge is -2.32. The van der Waals surface area contributed by atoms with Gasteiger partial charge in [-0.05, 0) is 29.7 Å². The van der Waals surface area contributed by atoms with Gasteiger partial charge in [-0.25, -0.2) is 0 Å². The van der Waals surface area contributed by atoms with E-state index in [1.54, 1.807) is 19.1 Å². The Hall–Kier alpha value is -2.67. The summed E-state index contributed by atoms with van der Waals surface area (Å²) in [5, 5.41) is 14.0. The van der Waals surface area contributed by atoms with E-state index in [2.05, 4.69) is 5.10 Å². The van der Waals surface area contributed by atoms with E-state index in [9.17, 15) is 23.1 Å². The van der Waals surface area contributed by atoms with E-state index < -0.39 is 24.2 Å². The van der Waals surface area contributed by atoms with Crippen molar-refractivity contribution in [1.29, 1.82) is 0 Å². The summed E-state index contributed by atoms with van der Waals surface area (Å²) >= 11 is 0. The molecule has 2 aromatic carbocycles. The first-order valence-electron chi connectivity index (χ1n) is 8.12. The van der Waals surface area contributed by atoms with Crippen LogP contribution in [0.2, 0.25) is 0 Å². The Kier molecular flexibility index (Phi) is 4.58. The molecule has 2 aromatic rings. The van der Waals surface area contributed by atoms with Gasteiger partial charge in [0.05, 0.1) is 0 Å². The molecule has 0 fully saturated rings. The smallest absolute Gasteiger partial charge is 0.362 e. The average Bonchev–Trinajstić information content (AvgIpc) is 3.00. The lowest BCUT2D eigenvalue weighted by Crippen LogP contribution is -2.56. The van der Waals surface area contributed by atoms with Crippen molar-refractivity contribution in [3.05, 3.63) is 60.2 Å². The molecule has 1 amide bonds. The number of rotatable bonds is 3. The normalized spacial score (nSPS) is 20.2. The zero-order chi connectivity index (χ0) is 18.9. The van der Waals surface area contributed by atoms with E-state index in [-0.39, 0.29) is 22.7 Å². The summed E-state index contributed by atoms with van der Waals surface area (Å²) in [6.07, 6.45) is -5.52. The summed E-state index contributed by atoms with van der Waals surface area (Å²) in [6, 6.07) is 15.5. The van der Waals surface area contributed by atoms with Crippen LogP contribution >= 0.6 is 0 Å². The van der Waals surface area contributed by atoms with Gasteiger partial charge in [0.2, 0.25) is 0 Å². The SMILES string of the molecule is CCC1=NN(C(=O)c2ccc(-c3ccccc3)cc2)[C@@](O)(C(F)(F)F)C1. The third kappa shape index (κ3) is 3.10. The Morgan fingerprint density at radius 1 is 1.12 bits per heavy atom. The van der Waals surface area contributed by atoms with Crippen LogP contribution in [0.4, 0.5) is 13.2 Å². The molecule has 0 bridgehead atoms. The highest BCUT2D eigenvalue weighted by Gasteiger charge is 2.63. The molecule has 3 rings (SSSR count). The van der Waals surface area contributed by atoms with Crippen molar-refractivity contribution in [2.75, 3.05) is 0 Å². The predicted molar refractivity (Wildman–Crippen MR) is 91.4 cm³/mol. The lowest BCUT2D eigenvalue weighted by atomic mass is 10.0. The molecule has 4 nitrogen and oxygen atoms in total. The summed E-state index contributed by atoms with van der Waals surface area (Å²) in [5.41, 5.74) is -1.42. The van der Waals surface area contributed by atoms with Crippen LogP contribution in [-0.4, -0.2) is 33.6 Å². The standard InChI is InChI=1S/C19H17F3N2O2/c1-2-16-12-18(26,19(20,21)22)24(23-16)17(25)15-10-8-14(9-11-15)13-6-4-3-5-7-13/h3-11,26H,2,12H2,1H3/t18-/m0/s1. The summed E-state index contributed by atoms with van der Waals surface area (Å²) in [6.45, 7) is 1.62. The van der Waals surface area contributed by atoms with Gasteiger partial charge in [0.15, 0.2) is 0 Å². The van der Waals surface area contributed by atoms with Crippen LogP contribution in [0.15, 0.2) is 59.7 Å². The number of hydrogen-bond acceptors (Lipinski definition) is 3. The molecule has 0 unspecified atom stereocenters. The molecule has 1 aliphatic heterocycles. The molecule has 0 aromatic heterocycles. The molecule has 136 valence electrons. The Morgan fingerprint density at radius 3 is 2.23 bits per heavy atom. The van der Waals surface area contributed by atoms with Crippen molar-refractivity contribution >= 4 is 11.6 Å². The number of aliphatic hydroxyl groups is 1. The number of carbonyl (C=O) groups excluding carboxylic acids is 1. The van der Waals surface area contributed by atoms with E-state index in [4.69, 9.17) is 0 Å². The highest BCUT2D eigenvalue weighted by atomic mass is 19.4. The number of halogens is 3. The van der Waals surface area contributed by atoms with Gasteiger partial charge >= 0.3 is 6.18 Å². The maximum Gasteiger partial charge on any atom is 0.438 e. The molecular weight excluding hydrogens is 345 g/mol. The summed E-state index contributed by atoms with van der Waals surface area (Å²) in [5.74, 6) is -0.993. The minimum Gasteiger partial charge on any atom is -0.362 e. The molecule has 0 radical (unpaired) electrons. The number of nitrogens with zero attached hydrogens (tertiary/aromatic N) is 2. The fourth-order valence-electron chi connectivity index (χ4n) is 2.81. The first-order chi connectivity index (χ1) is 12.3. The van der Waals surface area contributed by atoms with Crippen molar-refractivity contribution in [2.24, 2.45) is 5.10 Å². The average molecular weight is 362 g/mol. The van der Waals surface area contributed by atoms with Crippen LogP contribution in [0, 0.1) is 0 Å². The number of carbonyl (C=O) groups is 1. The van der Waals surface area contributed by atoms with Gasteiger partial charge in [-0.2, -0.15) is 23.3 Å². The van der Waals surface area contributed by atoms with Crippen LogP contribution in [0.5, 0.6) is 0 Å². The summed E-state index contributed by atoms with van der Waals surface area (Å²) in [7, 11) is 0. The van der Waals surface area contributed by atoms with Crippen LogP contribution in [0.25, 0.3) is 11.1 Å². The number of hydrazone groups is 1. The van der Waals surface area contributed by atoms with E-state index in [1.165, 1.54) is 12.1 Å². The third-order valence-electron chi connectivity index (χ3n) is 4.34. The first kappa shape index (κ1) is 18.1. The van der Waals surface area contributed by atoms with Crippen molar-refractivity contribution < 1.29 is 23.1 Å². The van der Waals surface area contributed by atoms with Gasteiger partial charge in [-0.15, -0.1) is 0 Å². The molecule has 7 heteroatoms. The number of hydrogen-bond donors (Lipinski definition) is 1. The molecule has 1 N–H and O–H groups in total. The quantitative estimate of drug-likeness (QED) is 0.889. The summed E-state index contributed by atoms with van der Waals surface area (Å²) in [4.78, 5) is 12.6. The molecule has 0 spiro atoms. The fraction of sp³-hybridized carbons (Fsp3) is 0.263. The largest absolute Gasteiger partial charge is 0.438 e. The fourth-order valence-corrected chi connectivity index (χ4v) is 2.81. The molecule has 1 aliphatic rings. The van der Waals surface area contributed by atoms with Gasteiger partial charge in [0.25, 0.3) is 11.6 Å². The lowest BCUT2D eigenvalue weighted by molar-refractivity contribution is -0.297. The zero-order valence-electron chi connectivity index (χ0n) is 14.0. The Morgan fingerprint density at radius 2 is 1.69 bits per heavy atom. The minimum absolute atomic E-state index is 0.0217. The summed E-state index contributed by atoms with van der Waals surface area (Å²) < 4.78 is 40.0. The molecule has 26 heavy (non-hydrogen) atoms. The maximum absolute atomic E-state index is 13.3. The van der Waals surface area contributed by atoms with E-state index in [1.807, 2.05) is 30.3 Å². The topological polar surface area (TPSA) is 52.9 Å². The zero-order valence-corrected chi connectivity index (χ0v) is 14.0. The second-order valence-electron chi connectivity index (χ2n) is 6.07. The van der Waals surface area contributed by atoms with Gasteiger partial charge in [-0.3, -0.25) is 4.79 Å². The second kappa shape index (κ2) is 6.57. The maximum atomic E-state index is 13.3. The van der Waals surface area contributed by atoms with E-state index in [0.717, 1.165) is 11.1 Å². The van der Waals surface area contributed by atoms with Crippen molar-refractivity contribution in [2.45, 2.75) is 31.7 Å². The molecule has 1 atom stereocenters. The van der Waals surface area contributed by atoms with Gasteiger partial charge in [-0.1, -0.05) is 49.4 Å². The molecule has 0 saturated carbocycles. The Bertz CT molecular complexity index is 832. The highest BCUT2D eigenvalue weighted by Crippen LogP contribution is 2.41. The number of benzene rings is 2. The van der Waals surface area contributed by atoms with Crippen molar-refractivity contribution in [3.63, 3.8) is 0 Å². The number of amides is 1. The first-order valence-corrected chi connectivity index (χ1v) is 8.12. The molecule has 1 heterocycles. The monoisotopic (exact) mass is 362 g/mol. The minimum atomic E-state index is -5.01. The molecular formula is C19H17F3N2O2. The van der Waals surface area contributed by atoms with Crippen LogP contribution in [-0.2, 0) is 0 Å². The Labute approximate surface area is 148 Å². The highest BCUT2D eigenvalue weighted by molar-refractivity contribution is 5.98. The van der Waals surface area contributed by atoms with Gasteiger partial charge in [0.1, 0.15) is 0 Å². The molecule has 0 saturated heterocycles. The van der Waals surface area contributed by atoms with Gasteiger partial charge in [0, 0.05) is 17.7 Å². The van der Waals surface area contributed by atoms with E-state index >= 15 is 0 Å². The predicted octanol–water partition coefficient (Wildman–Crippen LogP) is 4.22. The second-order valence-corrected chi connectivity index (χ2v) is 6.07. The van der Waals surface area contributed by atoms with Crippen LogP contribution in [0.1, 0.15) is 30.1 Å². The Balaban J connectivity index is 1.91. The van der Waals surface area contributed by atoms with Gasteiger partial charge < -0.3 is 5.11 Å². The third-order valence-corrected chi connectivity index (χ3v) is 4.34. The number of alkyl halides is 3. The van der Waals surface area contributed by atoms with Crippen LogP contribution < -0.4 is 0 Å².